The van der Waals surface area contributed by atoms with Gasteiger partial charge in [-0.15, -0.1) is 0 Å². The Balaban J connectivity index is 2.33. The summed E-state index contributed by atoms with van der Waals surface area (Å²) in [5.74, 6) is 0.195. The molecule has 2 rings (SSSR count). The van der Waals surface area contributed by atoms with Gasteiger partial charge in [0.1, 0.15) is 16.5 Å². The van der Waals surface area contributed by atoms with Crippen LogP contribution in [-0.4, -0.2) is 18.4 Å². The molecule has 0 saturated heterocycles. The summed E-state index contributed by atoms with van der Waals surface area (Å²) in [5, 5.41) is 0. The van der Waals surface area contributed by atoms with E-state index in [1.54, 1.807) is 18.3 Å². The molecule has 0 fully saturated rings. The summed E-state index contributed by atoms with van der Waals surface area (Å²) in [6.45, 7) is 1.87. The zero-order valence-electron chi connectivity index (χ0n) is 9.66. The summed E-state index contributed by atoms with van der Waals surface area (Å²) in [6, 6.07) is 6.24. The molecule has 0 aliphatic heterocycles. The maximum Gasteiger partial charge on any atom is 0.266 e. The number of nitrogens with one attached hydrogen (secondary N) is 1. The number of nitrogens with two attached hydrogens (primary N) is 1. The van der Waals surface area contributed by atoms with Gasteiger partial charge in [-0.3, -0.25) is 4.72 Å². The van der Waals surface area contributed by atoms with Gasteiger partial charge in [-0.2, -0.15) is 0 Å². The third-order valence-electron chi connectivity index (χ3n) is 2.24. The number of nitrogen functional groups attached to an aromatic ring is 1. The lowest BCUT2D eigenvalue weighted by molar-refractivity contribution is 0.601. The van der Waals surface area contributed by atoms with Crippen molar-refractivity contribution in [3.63, 3.8) is 0 Å². The lowest BCUT2D eigenvalue weighted by Gasteiger charge is -2.08. The summed E-state index contributed by atoms with van der Waals surface area (Å²) >= 11 is 0. The molecule has 2 heterocycles. The fraction of sp³-hybridized carbons (Fsp3) is 0.0909. The first-order valence-electron chi connectivity index (χ1n) is 5.15. The second kappa shape index (κ2) is 4.61. The summed E-state index contributed by atoms with van der Waals surface area (Å²) in [7, 11) is -3.76. The standard InChI is InChI=1S/C11H12N4O2S/c1-8-4-5-10(14-7-8)15-18(16,17)9-3-2-6-13-11(9)12/h2-7H,1H3,(H2,12,13)(H,14,15). The van der Waals surface area contributed by atoms with Crippen LogP contribution >= 0.6 is 0 Å². The highest BCUT2D eigenvalue weighted by Gasteiger charge is 2.18. The third-order valence-corrected chi connectivity index (χ3v) is 3.64. The van der Waals surface area contributed by atoms with Crippen LogP contribution in [0.5, 0.6) is 0 Å². The summed E-state index contributed by atoms with van der Waals surface area (Å²) in [4.78, 5) is 7.64. The number of hydrogen-bond donors (Lipinski definition) is 2. The van der Waals surface area contributed by atoms with Crippen LogP contribution in [-0.2, 0) is 10.0 Å². The molecular formula is C11H12N4O2S. The Labute approximate surface area is 105 Å². The summed E-state index contributed by atoms with van der Waals surface area (Å²) in [6.07, 6.45) is 3.00. The van der Waals surface area contributed by atoms with Crippen LogP contribution in [0, 0.1) is 6.92 Å². The second-order valence-corrected chi connectivity index (χ2v) is 5.36. The van der Waals surface area contributed by atoms with E-state index >= 15 is 0 Å². The molecular weight excluding hydrogens is 252 g/mol. The topological polar surface area (TPSA) is 98.0 Å². The Morgan fingerprint density at radius 1 is 1.22 bits per heavy atom. The minimum Gasteiger partial charge on any atom is -0.383 e. The van der Waals surface area contributed by atoms with Crippen molar-refractivity contribution < 1.29 is 8.42 Å². The Morgan fingerprint density at radius 3 is 2.61 bits per heavy atom. The minimum absolute atomic E-state index is 0.0443. The van der Waals surface area contributed by atoms with Gasteiger partial charge in [0.2, 0.25) is 0 Å². The van der Waals surface area contributed by atoms with Crippen molar-refractivity contribution in [3.05, 3.63) is 42.2 Å². The summed E-state index contributed by atoms with van der Waals surface area (Å²) < 4.78 is 26.4. The van der Waals surface area contributed by atoms with Crippen molar-refractivity contribution in [1.82, 2.24) is 9.97 Å². The molecule has 6 nitrogen and oxygen atoms in total. The van der Waals surface area contributed by atoms with Crippen molar-refractivity contribution in [3.8, 4) is 0 Å². The number of anilines is 2. The molecule has 0 aliphatic carbocycles. The van der Waals surface area contributed by atoms with E-state index in [9.17, 15) is 8.42 Å². The smallest absolute Gasteiger partial charge is 0.266 e. The molecule has 7 heteroatoms. The van der Waals surface area contributed by atoms with Crippen molar-refractivity contribution in [2.24, 2.45) is 0 Å². The average molecular weight is 264 g/mol. The zero-order valence-corrected chi connectivity index (χ0v) is 10.5. The molecule has 18 heavy (non-hydrogen) atoms. The highest BCUT2D eigenvalue weighted by molar-refractivity contribution is 7.92. The van der Waals surface area contributed by atoms with E-state index in [1.807, 2.05) is 6.92 Å². The van der Waals surface area contributed by atoms with E-state index in [-0.39, 0.29) is 16.5 Å². The molecule has 2 aromatic heterocycles. The number of nitrogens with zero attached hydrogens (tertiary/aromatic N) is 2. The van der Waals surface area contributed by atoms with Crippen LogP contribution in [0.3, 0.4) is 0 Å². The second-order valence-electron chi connectivity index (χ2n) is 3.71. The first-order chi connectivity index (χ1) is 8.49. The average Bonchev–Trinajstić information content (AvgIpc) is 2.32. The monoisotopic (exact) mass is 264 g/mol. The molecule has 0 unspecified atom stereocenters. The van der Waals surface area contributed by atoms with Gasteiger partial charge in [0.15, 0.2) is 0 Å². The van der Waals surface area contributed by atoms with Gasteiger partial charge in [-0.05, 0) is 30.7 Å². The molecule has 0 amide bonds. The van der Waals surface area contributed by atoms with Gasteiger partial charge in [-0.25, -0.2) is 18.4 Å². The van der Waals surface area contributed by atoms with Gasteiger partial charge < -0.3 is 5.73 Å². The van der Waals surface area contributed by atoms with Gasteiger partial charge in [0.25, 0.3) is 10.0 Å². The SMILES string of the molecule is Cc1ccc(NS(=O)(=O)c2cccnc2N)nc1. The van der Waals surface area contributed by atoms with Crippen LogP contribution in [0.1, 0.15) is 5.56 Å². The van der Waals surface area contributed by atoms with Crippen molar-refractivity contribution >= 4 is 21.7 Å². The number of aromatic nitrogens is 2. The fourth-order valence-corrected chi connectivity index (χ4v) is 2.44. The van der Waals surface area contributed by atoms with Crippen molar-refractivity contribution in [2.45, 2.75) is 11.8 Å². The number of aryl methyl sites for hydroxylation is 1. The normalized spacial score (nSPS) is 11.2. The first kappa shape index (κ1) is 12.3. The van der Waals surface area contributed by atoms with E-state index in [2.05, 4.69) is 14.7 Å². The van der Waals surface area contributed by atoms with Crippen LogP contribution in [0.4, 0.5) is 11.6 Å². The number of sulfonamides is 1. The summed E-state index contributed by atoms with van der Waals surface area (Å²) in [5.41, 5.74) is 6.48. The van der Waals surface area contributed by atoms with E-state index in [1.165, 1.54) is 18.3 Å². The Hall–Kier alpha value is -2.15. The predicted octanol–water partition coefficient (Wildman–Crippen LogP) is 1.17. The molecule has 2 aromatic rings. The molecule has 0 spiro atoms. The molecule has 0 bridgehead atoms. The van der Waals surface area contributed by atoms with Gasteiger partial charge in [0, 0.05) is 12.4 Å². The first-order valence-corrected chi connectivity index (χ1v) is 6.63. The maximum atomic E-state index is 12.0. The lowest BCUT2D eigenvalue weighted by Crippen LogP contribution is -2.16. The van der Waals surface area contributed by atoms with Crippen LogP contribution < -0.4 is 10.5 Å². The molecule has 0 aliphatic rings. The Morgan fingerprint density at radius 2 is 2.00 bits per heavy atom. The van der Waals surface area contributed by atoms with E-state index < -0.39 is 10.0 Å². The predicted molar refractivity (Wildman–Crippen MR) is 68.4 cm³/mol. The highest BCUT2D eigenvalue weighted by Crippen LogP contribution is 2.18. The van der Waals surface area contributed by atoms with Gasteiger partial charge in [0.05, 0.1) is 0 Å². The van der Waals surface area contributed by atoms with E-state index in [4.69, 9.17) is 5.73 Å². The van der Waals surface area contributed by atoms with Gasteiger partial charge >= 0.3 is 0 Å². The minimum atomic E-state index is -3.76. The van der Waals surface area contributed by atoms with Crippen LogP contribution in [0.2, 0.25) is 0 Å². The van der Waals surface area contributed by atoms with Crippen molar-refractivity contribution in [2.75, 3.05) is 10.5 Å². The lowest BCUT2D eigenvalue weighted by atomic mass is 10.3. The Bertz CT molecular complexity index is 653. The molecule has 0 radical (unpaired) electrons. The van der Waals surface area contributed by atoms with E-state index in [0.29, 0.717) is 0 Å². The highest BCUT2D eigenvalue weighted by atomic mass is 32.2. The molecule has 3 N–H and O–H groups in total. The zero-order chi connectivity index (χ0) is 13.2. The number of rotatable bonds is 3. The molecule has 0 aromatic carbocycles. The van der Waals surface area contributed by atoms with Crippen LogP contribution in [0.15, 0.2) is 41.6 Å². The van der Waals surface area contributed by atoms with Crippen molar-refractivity contribution in [1.29, 1.82) is 0 Å². The van der Waals surface area contributed by atoms with Crippen LogP contribution in [0.25, 0.3) is 0 Å². The Kier molecular flexibility index (Phi) is 3.15. The van der Waals surface area contributed by atoms with Gasteiger partial charge in [-0.1, -0.05) is 6.07 Å². The molecule has 0 saturated carbocycles. The van der Waals surface area contributed by atoms with E-state index in [0.717, 1.165) is 5.56 Å². The quantitative estimate of drug-likeness (QED) is 0.867. The largest absolute Gasteiger partial charge is 0.383 e. The number of pyridine rings is 2. The fourth-order valence-electron chi connectivity index (χ4n) is 1.35. The molecule has 0 atom stereocenters. The number of hydrogen-bond acceptors (Lipinski definition) is 5. The molecule has 94 valence electrons. The maximum absolute atomic E-state index is 12.0. The third kappa shape index (κ3) is 2.57.